The van der Waals surface area contributed by atoms with Crippen LogP contribution in [-0.2, 0) is 9.47 Å². The molecule has 8 rings (SSSR count). The third-order valence-electron chi connectivity index (χ3n) is 10.6. The molecule has 0 amide bonds. The number of carbonyl (C=O) groups is 2. The van der Waals surface area contributed by atoms with E-state index >= 15 is 0 Å². The number of fused-ring (bicyclic) bond motifs is 3. The Morgan fingerprint density at radius 1 is 0.627 bits per heavy atom. The van der Waals surface area contributed by atoms with E-state index < -0.39 is 5.97 Å². The molecule has 5 aromatic carbocycles. The molecule has 0 saturated carbocycles. The fraction of sp³-hybridized carbons (Fsp3) is 0.224. The SMILES string of the molecule is CCN(CC)CCCC(C)Nc1nc(-c2ccc(C(=O)OC)cc2)nc2c(Cl)cccc12.COC(=O)c1ccc(-c2nc3c(Cl)cccc3c(=O)[nH]2)cc1.O=c1[nH]c(Cl)nc2c(Cl)cccc12. The molecule has 0 aliphatic heterocycles. The summed E-state index contributed by atoms with van der Waals surface area (Å²) in [6.07, 6.45) is 2.15. The maximum absolute atomic E-state index is 12.1. The topological polar surface area (TPSA) is 185 Å². The normalized spacial score (nSPS) is 11.4. The van der Waals surface area contributed by atoms with Gasteiger partial charge in [-0.05, 0) is 112 Å². The fourth-order valence-electron chi connectivity index (χ4n) is 6.94. The summed E-state index contributed by atoms with van der Waals surface area (Å²) in [5, 5.41) is 6.79. The Kier molecular flexibility index (Phi) is 17.4. The summed E-state index contributed by atoms with van der Waals surface area (Å²) < 4.78 is 9.42. The molecule has 18 heteroatoms. The van der Waals surface area contributed by atoms with Gasteiger partial charge in [0.2, 0.25) is 5.28 Å². The first-order valence-electron chi connectivity index (χ1n) is 21.1. The Balaban J connectivity index is 0.000000181. The average molecular weight is 985 g/mol. The minimum atomic E-state index is -0.422. The quantitative estimate of drug-likeness (QED) is 0.0778. The summed E-state index contributed by atoms with van der Waals surface area (Å²) in [4.78, 5) is 72.0. The number of rotatable bonds is 12. The van der Waals surface area contributed by atoms with E-state index in [-0.39, 0.29) is 28.4 Å². The molecule has 3 aromatic heterocycles. The lowest BCUT2D eigenvalue weighted by Crippen LogP contribution is -2.25. The molecule has 3 N–H and O–H groups in total. The number of halogens is 4. The minimum Gasteiger partial charge on any atom is -0.465 e. The number of carbonyl (C=O) groups excluding carboxylic acids is 2. The number of hydrogen-bond donors (Lipinski definition) is 3. The van der Waals surface area contributed by atoms with Crippen LogP contribution in [0.1, 0.15) is 54.3 Å². The van der Waals surface area contributed by atoms with E-state index in [1.165, 1.54) is 14.2 Å². The average Bonchev–Trinajstić information content (AvgIpc) is 3.33. The maximum Gasteiger partial charge on any atom is 0.337 e. The van der Waals surface area contributed by atoms with Crippen molar-refractivity contribution in [3.05, 3.63) is 155 Å². The molecular formula is C49H46Cl4N8O6. The Morgan fingerprint density at radius 3 is 1.63 bits per heavy atom. The summed E-state index contributed by atoms with van der Waals surface area (Å²) in [7, 11) is 2.69. The molecule has 8 aromatic rings. The lowest BCUT2D eigenvalue weighted by molar-refractivity contribution is 0.0592. The van der Waals surface area contributed by atoms with E-state index in [9.17, 15) is 19.2 Å². The van der Waals surface area contributed by atoms with Crippen molar-refractivity contribution in [2.24, 2.45) is 0 Å². The van der Waals surface area contributed by atoms with Crippen LogP contribution in [0.15, 0.2) is 113 Å². The predicted molar refractivity (Wildman–Crippen MR) is 268 cm³/mol. The zero-order valence-corrected chi connectivity index (χ0v) is 40.1. The van der Waals surface area contributed by atoms with Gasteiger partial charge < -0.3 is 24.7 Å². The number of aromatic nitrogens is 6. The van der Waals surface area contributed by atoms with Crippen LogP contribution < -0.4 is 16.4 Å². The molecule has 0 aliphatic rings. The first-order chi connectivity index (χ1) is 32.2. The maximum atomic E-state index is 12.1. The van der Waals surface area contributed by atoms with E-state index in [2.05, 4.69) is 55.7 Å². The third kappa shape index (κ3) is 12.5. The third-order valence-corrected chi connectivity index (χ3v) is 11.6. The number of aromatic amines is 2. The molecule has 0 spiro atoms. The van der Waals surface area contributed by atoms with Crippen LogP contribution in [0.25, 0.3) is 55.5 Å². The van der Waals surface area contributed by atoms with Crippen LogP contribution in [0.4, 0.5) is 5.82 Å². The van der Waals surface area contributed by atoms with E-state index in [4.69, 9.17) is 61.1 Å². The minimum absolute atomic E-state index is 0.0469. The largest absolute Gasteiger partial charge is 0.465 e. The van der Waals surface area contributed by atoms with E-state index in [1.807, 2.05) is 30.3 Å². The summed E-state index contributed by atoms with van der Waals surface area (Å²) >= 11 is 24.0. The summed E-state index contributed by atoms with van der Waals surface area (Å²) in [5.41, 5.74) is 3.41. The van der Waals surface area contributed by atoms with Crippen molar-refractivity contribution in [2.75, 3.05) is 39.2 Å². The highest BCUT2D eigenvalue weighted by Gasteiger charge is 2.16. The first-order valence-corrected chi connectivity index (χ1v) is 22.6. The summed E-state index contributed by atoms with van der Waals surface area (Å²) in [5.74, 6) is 0.913. The van der Waals surface area contributed by atoms with Gasteiger partial charge in [-0.25, -0.2) is 29.5 Å². The van der Waals surface area contributed by atoms with Gasteiger partial charge in [-0.15, -0.1) is 0 Å². The molecule has 0 aliphatic carbocycles. The van der Waals surface area contributed by atoms with Gasteiger partial charge in [-0.1, -0.05) is 91.1 Å². The van der Waals surface area contributed by atoms with Crippen molar-refractivity contribution >= 4 is 96.9 Å². The molecule has 67 heavy (non-hydrogen) atoms. The molecule has 14 nitrogen and oxygen atoms in total. The zero-order valence-electron chi connectivity index (χ0n) is 37.1. The molecule has 346 valence electrons. The van der Waals surface area contributed by atoms with Crippen LogP contribution in [0.3, 0.4) is 0 Å². The van der Waals surface area contributed by atoms with E-state index in [0.717, 1.165) is 49.2 Å². The number of hydrogen-bond acceptors (Lipinski definition) is 12. The van der Waals surface area contributed by atoms with Gasteiger partial charge in [-0.3, -0.25) is 14.6 Å². The monoisotopic (exact) mass is 982 g/mol. The first kappa shape index (κ1) is 50.0. The molecular weight excluding hydrogens is 938 g/mol. The van der Waals surface area contributed by atoms with Crippen molar-refractivity contribution < 1.29 is 19.1 Å². The van der Waals surface area contributed by atoms with E-state index in [0.29, 0.717) is 70.7 Å². The molecule has 1 unspecified atom stereocenters. The Labute approximate surface area is 405 Å². The van der Waals surface area contributed by atoms with Gasteiger partial charge in [0.1, 0.15) is 11.6 Å². The fourth-order valence-corrected chi connectivity index (χ4v) is 7.76. The van der Waals surface area contributed by atoms with E-state index in [1.54, 1.807) is 72.8 Å². The molecule has 0 bridgehead atoms. The Hall–Kier alpha value is -6.42. The number of ether oxygens (including phenoxy) is 2. The lowest BCUT2D eigenvalue weighted by Gasteiger charge is -2.20. The lowest BCUT2D eigenvalue weighted by atomic mass is 10.1. The van der Waals surface area contributed by atoms with Crippen molar-refractivity contribution in [2.45, 2.75) is 39.7 Å². The van der Waals surface area contributed by atoms with Crippen molar-refractivity contribution in [1.29, 1.82) is 0 Å². The van der Waals surface area contributed by atoms with Gasteiger partial charge in [-0.2, -0.15) is 0 Å². The standard InChI is InChI=1S/C25H31ClN4O2.C16H11ClN2O3.C8H4Cl2N2O/c1-5-30(6-2)16-8-9-17(3)27-24-20-10-7-11-21(26)22(20)28-23(29-24)18-12-14-19(15-13-18)25(31)32-4;1-22-16(21)10-7-5-9(6-8-10)14-18-13-11(15(20)19-14)3-2-4-12(13)17;9-5-3-1-2-4-6(5)11-8(10)12-7(4)13/h7,10-15,17H,5-6,8-9,16H2,1-4H3,(H,27,28,29);2-8H,1H3,(H,18,19,20);1-3H,(H,11,12,13). The number of nitrogens with zero attached hydrogens (tertiary/aromatic N) is 5. The molecule has 0 fully saturated rings. The van der Waals surface area contributed by atoms with Crippen LogP contribution in [0, 0.1) is 0 Å². The van der Waals surface area contributed by atoms with Gasteiger partial charge in [0.05, 0.1) is 67.7 Å². The van der Waals surface area contributed by atoms with Crippen molar-refractivity contribution in [3.63, 3.8) is 0 Å². The highest BCUT2D eigenvalue weighted by Crippen LogP contribution is 2.31. The number of nitrogens with one attached hydrogen (secondary N) is 3. The summed E-state index contributed by atoms with van der Waals surface area (Å²) in [6.45, 7) is 9.80. The van der Waals surface area contributed by atoms with Gasteiger partial charge >= 0.3 is 11.9 Å². The zero-order chi connectivity index (χ0) is 48.2. The van der Waals surface area contributed by atoms with Crippen LogP contribution in [-0.4, -0.2) is 86.6 Å². The Bertz CT molecular complexity index is 3150. The smallest absolute Gasteiger partial charge is 0.337 e. The molecule has 3 heterocycles. The number of methoxy groups -OCH3 is 2. The predicted octanol–water partition coefficient (Wildman–Crippen LogP) is 10.9. The number of H-pyrrole nitrogens is 2. The number of benzene rings is 5. The molecule has 0 saturated heterocycles. The van der Waals surface area contributed by atoms with Gasteiger partial charge in [0, 0.05) is 22.6 Å². The highest BCUT2D eigenvalue weighted by molar-refractivity contribution is 6.36. The number of anilines is 1. The molecule has 1 atom stereocenters. The Morgan fingerprint density at radius 2 is 1.10 bits per heavy atom. The van der Waals surface area contributed by atoms with Gasteiger partial charge in [0.15, 0.2) is 5.82 Å². The second kappa shape index (κ2) is 23.3. The molecule has 0 radical (unpaired) electrons. The summed E-state index contributed by atoms with van der Waals surface area (Å²) in [6, 6.07) is 29.7. The van der Waals surface area contributed by atoms with Crippen molar-refractivity contribution in [1.82, 2.24) is 34.8 Å². The number of para-hydroxylation sites is 3. The number of esters is 2. The van der Waals surface area contributed by atoms with Gasteiger partial charge in [0.25, 0.3) is 11.1 Å². The van der Waals surface area contributed by atoms with Crippen LogP contribution >= 0.6 is 46.4 Å². The highest BCUT2D eigenvalue weighted by atomic mass is 35.5. The van der Waals surface area contributed by atoms with Crippen LogP contribution in [0.2, 0.25) is 20.4 Å². The second-order valence-electron chi connectivity index (χ2n) is 14.9. The van der Waals surface area contributed by atoms with Crippen molar-refractivity contribution in [3.8, 4) is 22.8 Å². The van der Waals surface area contributed by atoms with Crippen LogP contribution in [0.5, 0.6) is 0 Å². The second-order valence-corrected chi connectivity index (χ2v) is 16.5.